The van der Waals surface area contributed by atoms with Crippen LogP contribution in [0.5, 0.6) is 0 Å². The first-order valence-corrected chi connectivity index (χ1v) is 9.70. The number of azide groups is 1. The fourth-order valence-electron chi connectivity index (χ4n) is 2.52. The maximum absolute atomic E-state index is 13.0. The molecule has 0 amide bonds. The molecule has 0 bridgehead atoms. The summed E-state index contributed by atoms with van der Waals surface area (Å²) in [6, 6.07) is 9.37. The Morgan fingerprint density at radius 3 is 2.58 bits per heavy atom. The minimum atomic E-state index is -3.83. The highest BCUT2D eigenvalue weighted by Gasteiger charge is 2.37. The highest BCUT2D eigenvalue weighted by Crippen LogP contribution is 2.57. The molecule has 0 radical (unpaired) electrons. The quantitative estimate of drug-likeness (QED) is 0.300. The molecule has 1 atom stereocenters. The van der Waals surface area contributed by atoms with Crippen LogP contribution in [-0.4, -0.2) is 36.7 Å². The average molecular weight is 380 g/mol. The van der Waals surface area contributed by atoms with Gasteiger partial charge in [-0.05, 0) is 24.9 Å². The monoisotopic (exact) mass is 380 g/mol. The van der Waals surface area contributed by atoms with Gasteiger partial charge in [0.25, 0.3) is 0 Å². The Kier molecular flexibility index (Phi) is 7.38. The third kappa shape index (κ3) is 4.52. The Morgan fingerprint density at radius 2 is 2.04 bits per heavy atom. The molecule has 0 saturated heterocycles. The zero-order chi connectivity index (χ0) is 19.0. The fourth-order valence-corrected chi connectivity index (χ4v) is 4.23. The van der Waals surface area contributed by atoms with Crippen LogP contribution in [0.3, 0.4) is 0 Å². The Bertz CT molecular complexity index is 764. The number of hydrogen-bond acceptors (Lipinski definition) is 7. The van der Waals surface area contributed by atoms with Crippen molar-refractivity contribution in [2.75, 3.05) is 19.8 Å². The molecule has 0 fully saturated rings. The molecule has 140 valence electrons. The molecule has 9 nitrogen and oxygen atoms in total. The van der Waals surface area contributed by atoms with E-state index < -0.39 is 20.3 Å². The minimum absolute atomic E-state index is 0.0325. The first kappa shape index (κ1) is 20.2. The van der Waals surface area contributed by atoms with Crippen LogP contribution in [0.15, 0.2) is 51.6 Å². The molecular weight excluding hydrogens is 359 g/mol. The maximum atomic E-state index is 13.0. The van der Waals surface area contributed by atoms with Crippen LogP contribution in [0, 0.1) is 0 Å². The molecule has 1 aliphatic heterocycles. The number of aliphatic hydroxyl groups excluding tert-OH is 1. The lowest BCUT2D eigenvalue weighted by Crippen LogP contribution is -2.15. The molecule has 0 aliphatic carbocycles. The van der Waals surface area contributed by atoms with Gasteiger partial charge in [0, 0.05) is 11.3 Å². The van der Waals surface area contributed by atoms with Crippen LogP contribution in [0.4, 0.5) is 0 Å². The lowest BCUT2D eigenvalue weighted by molar-refractivity contribution is 0.108. The summed E-state index contributed by atoms with van der Waals surface area (Å²) in [5.74, 6) is 0. The van der Waals surface area contributed by atoms with E-state index >= 15 is 0 Å². The number of aliphatic hydroxyl groups is 1. The number of benzene rings is 1. The first-order valence-electron chi connectivity index (χ1n) is 8.16. The molecule has 26 heavy (non-hydrogen) atoms. The maximum Gasteiger partial charge on any atom is 0.359 e. The summed E-state index contributed by atoms with van der Waals surface area (Å²) >= 11 is 0. The van der Waals surface area contributed by atoms with E-state index in [4.69, 9.17) is 19.4 Å². The summed E-state index contributed by atoms with van der Waals surface area (Å²) < 4.78 is 23.6. The van der Waals surface area contributed by atoms with Gasteiger partial charge in [-0.15, -0.1) is 0 Å². The van der Waals surface area contributed by atoms with Gasteiger partial charge < -0.3 is 19.0 Å². The highest BCUT2D eigenvalue weighted by molar-refractivity contribution is 7.58. The molecule has 1 N–H and O–H groups in total. The largest absolute Gasteiger partial charge is 0.391 e. The van der Waals surface area contributed by atoms with Gasteiger partial charge in [-0.1, -0.05) is 40.6 Å². The molecule has 1 heterocycles. The van der Waals surface area contributed by atoms with Gasteiger partial charge in [-0.25, -0.2) is 0 Å². The molecule has 2 rings (SSSR count). The molecular formula is C16H21N4O5P. The predicted molar refractivity (Wildman–Crippen MR) is 96.6 cm³/mol. The van der Waals surface area contributed by atoms with Gasteiger partial charge in [0.15, 0.2) is 6.10 Å². The second-order valence-corrected chi connectivity index (χ2v) is 7.27. The Labute approximate surface area is 151 Å². The van der Waals surface area contributed by atoms with Crippen molar-refractivity contribution in [3.63, 3.8) is 0 Å². The van der Waals surface area contributed by atoms with E-state index in [1.807, 2.05) is 30.3 Å². The third-order valence-corrected chi connectivity index (χ3v) is 5.84. The minimum Gasteiger partial charge on any atom is -0.391 e. The molecule has 1 aromatic carbocycles. The summed E-state index contributed by atoms with van der Waals surface area (Å²) in [6.07, 6.45) is -0.502. The van der Waals surface area contributed by atoms with E-state index in [2.05, 4.69) is 15.2 Å². The van der Waals surface area contributed by atoms with Crippen molar-refractivity contribution in [3.05, 3.63) is 57.3 Å². The Hall–Kier alpha value is -2.15. The van der Waals surface area contributed by atoms with Crippen LogP contribution < -0.4 is 0 Å². The van der Waals surface area contributed by atoms with Crippen molar-refractivity contribution >= 4 is 13.3 Å². The molecule has 1 aromatic rings. The lowest BCUT2D eigenvalue weighted by atomic mass is 10.0. The number of rotatable bonds is 9. The molecule has 10 heteroatoms. The zero-order valence-corrected chi connectivity index (χ0v) is 15.5. The van der Waals surface area contributed by atoms with Crippen molar-refractivity contribution in [1.29, 1.82) is 0 Å². The summed E-state index contributed by atoms with van der Waals surface area (Å²) in [5.41, 5.74) is 10.4. The van der Waals surface area contributed by atoms with Crippen LogP contribution in [0.2, 0.25) is 0 Å². The average Bonchev–Trinajstić information content (AvgIpc) is 3.12. The van der Waals surface area contributed by atoms with E-state index in [1.165, 1.54) is 0 Å². The van der Waals surface area contributed by atoms with Crippen molar-refractivity contribution < 1.29 is 23.6 Å². The van der Waals surface area contributed by atoms with Gasteiger partial charge in [-0.3, -0.25) is 4.57 Å². The van der Waals surface area contributed by atoms with E-state index in [0.717, 1.165) is 5.56 Å². The summed E-state index contributed by atoms with van der Waals surface area (Å²) in [5, 5.41) is 17.3. The van der Waals surface area contributed by atoms with Gasteiger partial charge in [0.05, 0.1) is 36.5 Å². The van der Waals surface area contributed by atoms with Crippen molar-refractivity contribution in [2.24, 2.45) is 10.3 Å². The second kappa shape index (κ2) is 9.52. The molecule has 0 saturated carbocycles. The lowest BCUT2D eigenvalue weighted by Gasteiger charge is -2.22. The SMILES string of the molecule is CCOP(=O)(OCC)/C(CO)=C(\N=[N+]=[N-])C1CC(c2ccccc2)=NO1. The summed E-state index contributed by atoms with van der Waals surface area (Å²) in [7, 11) is -3.83. The van der Waals surface area contributed by atoms with Crippen LogP contribution in [0.25, 0.3) is 10.4 Å². The van der Waals surface area contributed by atoms with Crippen LogP contribution in [0.1, 0.15) is 25.8 Å². The molecule has 0 aromatic heterocycles. The Morgan fingerprint density at radius 1 is 1.38 bits per heavy atom. The topological polar surface area (TPSA) is 126 Å². The van der Waals surface area contributed by atoms with Gasteiger partial charge >= 0.3 is 7.60 Å². The van der Waals surface area contributed by atoms with E-state index in [0.29, 0.717) is 12.1 Å². The molecule has 0 spiro atoms. The molecule has 1 unspecified atom stereocenters. The molecule has 1 aliphatic rings. The van der Waals surface area contributed by atoms with Gasteiger partial charge in [0.1, 0.15) is 0 Å². The van der Waals surface area contributed by atoms with Crippen molar-refractivity contribution in [2.45, 2.75) is 26.4 Å². The van der Waals surface area contributed by atoms with E-state index in [-0.39, 0.29) is 24.2 Å². The normalized spacial score (nSPS) is 17.8. The Balaban J connectivity index is 2.39. The van der Waals surface area contributed by atoms with Gasteiger partial charge in [-0.2, -0.15) is 0 Å². The standard InChI is InChI=1S/C16H21N4O5P/c1-3-23-26(22,24-4-2)15(11-21)16(18-20-17)14-10-13(19-25-14)12-8-6-5-7-9-12/h5-9,14,21H,3-4,10-11H2,1-2H3/b16-15-. The van der Waals surface area contributed by atoms with Crippen molar-refractivity contribution in [3.8, 4) is 0 Å². The second-order valence-electron chi connectivity index (χ2n) is 5.21. The first-order chi connectivity index (χ1) is 12.6. The van der Waals surface area contributed by atoms with E-state index in [9.17, 15) is 9.67 Å². The number of oxime groups is 1. The third-order valence-electron chi connectivity index (χ3n) is 3.61. The van der Waals surface area contributed by atoms with E-state index in [1.54, 1.807) is 13.8 Å². The highest BCUT2D eigenvalue weighted by atomic mass is 31.2. The predicted octanol–water partition coefficient (Wildman–Crippen LogP) is 3.96. The van der Waals surface area contributed by atoms with Crippen molar-refractivity contribution in [1.82, 2.24) is 0 Å². The van der Waals surface area contributed by atoms with Gasteiger partial charge in [0.2, 0.25) is 0 Å². The van der Waals surface area contributed by atoms with Crippen LogP contribution in [-0.2, 0) is 18.5 Å². The summed E-state index contributed by atoms with van der Waals surface area (Å²) in [6.45, 7) is 2.84. The number of hydrogen-bond donors (Lipinski definition) is 1. The fraction of sp³-hybridized carbons (Fsp3) is 0.438. The van der Waals surface area contributed by atoms with Crippen LogP contribution >= 0.6 is 7.60 Å². The summed E-state index contributed by atoms with van der Waals surface area (Å²) in [4.78, 5) is 8.16. The smallest absolute Gasteiger partial charge is 0.359 e. The zero-order valence-electron chi connectivity index (χ0n) is 14.6. The number of nitrogens with zero attached hydrogens (tertiary/aromatic N) is 4.